The van der Waals surface area contributed by atoms with Gasteiger partial charge in [-0.05, 0) is 80.2 Å². The fourth-order valence-corrected chi connectivity index (χ4v) is 5.28. The van der Waals surface area contributed by atoms with Crippen LogP contribution in [0.25, 0.3) is 65.4 Å². The molecule has 0 unspecified atom stereocenters. The summed E-state index contributed by atoms with van der Waals surface area (Å²) in [6.07, 6.45) is 0. The summed E-state index contributed by atoms with van der Waals surface area (Å²) in [7, 11) is 0. The molecule has 32 heavy (non-hydrogen) atoms. The van der Waals surface area contributed by atoms with Crippen molar-refractivity contribution in [1.29, 1.82) is 0 Å². The number of rotatable bonds is 1. The molecule has 7 rings (SSSR count). The molecule has 1 heterocycles. The second-order valence-electron chi connectivity index (χ2n) is 8.60. The number of aryl methyl sites for hydroxylation is 1. The van der Waals surface area contributed by atoms with Gasteiger partial charge in [-0.25, -0.2) is 0 Å². The fourth-order valence-electron chi connectivity index (χ4n) is 5.28. The fraction of sp³-hybridized carbons (Fsp3) is 0.0323. The molecular formula is C31H20O. The molecule has 0 atom stereocenters. The Labute approximate surface area is 185 Å². The van der Waals surface area contributed by atoms with Crippen LogP contribution < -0.4 is 0 Å². The molecule has 0 fully saturated rings. The van der Waals surface area contributed by atoms with E-state index in [9.17, 15) is 0 Å². The molecule has 1 aromatic heterocycles. The lowest BCUT2D eigenvalue weighted by Crippen LogP contribution is -1.89. The van der Waals surface area contributed by atoms with E-state index in [4.69, 9.17) is 4.42 Å². The van der Waals surface area contributed by atoms with Crippen LogP contribution in [-0.4, -0.2) is 0 Å². The summed E-state index contributed by atoms with van der Waals surface area (Å²) in [5, 5.41) is 9.98. The maximum Gasteiger partial charge on any atom is 0.136 e. The first-order chi connectivity index (χ1) is 15.8. The van der Waals surface area contributed by atoms with E-state index in [1.54, 1.807) is 0 Å². The van der Waals surface area contributed by atoms with Gasteiger partial charge in [0, 0.05) is 10.8 Å². The predicted octanol–water partition coefficient (Wildman–Crippen LogP) is 9.02. The summed E-state index contributed by atoms with van der Waals surface area (Å²) in [6, 6.07) is 37.0. The van der Waals surface area contributed by atoms with E-state index in [0.717, 1.165) is 16.6 Å². The Kier molecular flexibility index (Phi) is 3.54. The van der Waals surface area contributed by atoms with Crippen LogP contribution in [0, 0.1) is 6.92 Å². The molecule has 6 aromatic carbocycles. The minimum Gasteiger partial charge on any atom is -0.456 e. The zero-order chi connectivity index (χ0) is 21.2. The SMILES string of the molecule is Cc1c2ccccc2c(-c2ccc3oc4cc5ccccc5cc4c3c2)c2ccccc12. The first kappa shape index (κ1) is 17.6. The molecule has 0 aliphatic carbocycles. The first-order valence-electron chi connectivity index (χ1n) is 11.0. The molecule has 0 bridgehead atoms. The van der Waals surface area contributed by atoms with Gasteiger partial charge < -0.3 is 4.42 Å². The summed E-state index contributed by atoms with van der Waals surface area (Å²) in [6.45, 7) is 2.23. The molecule has 0 saturated heterocycles. The van der Waals surface area contributed by atoms with Crippen molar-refractivity contribution >= 4 is 54.3 Å². The number of hydrogen-bond donors (Lipinski definition) is 0. The number of benzene rings is 6. The largest absolute Gasteiger partial charge is 0.456 e. The van der Waals surface area contributed by atoms with Crippen LogP contribution in [0.4, 0.5) is 0 Å². The van der Waals surface area contributed by atoms with Crippen LogP contribution in [0.2, 0.25) is 0 Å². The highest BCUT2D eigenvalue weighted by Gasteiger charge is 2.15. The summed E-state index contributed by atoms with van der Waals surface area (Å²) in [5.74, 6) is 0. The Morgan fingerprint density at radius 3 is 1.72 bits per heavy atom. The predicted molar refractivity (Wildman–Crippen MR) is 136 cm³/mol. The van der Waals surface area contributed by atoms with Gasteiger partial charge in [0.1, 0.15) is 11.2 Å². The highest BCUT2D eigenvalue weighted by atomic mass is 16.3. The summed E-state index contributed by atoms with van der Waals surface area (Å²) >= 11 is 0. The number of furan rings is 1. The van der Waals surface area contributed by atoms with Crippen molar-refractivity contribution in [1.82, 2.24) is 0 Å². The molecule has 0 spiro atoms. The zero-order valence-electron chi connectivity index (χ0n) is 17.7. The summed E-state index contributed by atoms with van der Waals surface area (Å²) in [4.78, 5) is 0. The van der Waals surface area contributed by atoms with Gasteiger partial charge in [0.25, 0.3) is 0 Å². The van der Waals surface area contributed by atoms with Crippen molar-refractivity contribution in [2.45, 2.75) is 6.92 Å². The van der Waals surface area contributed by atoms with E-state index in [1.165, 1.54) is 54.4 Å². The maximum atomic E-state index is 6.25. The second-order valence-corrected chi connectivity index (χ2v) is 8.60. The quantitative estimate of drug-likeness (QED) is 0.247. The normalized spacial score (nSPS) is 11.9. The summed E-state index contributed by atoms with van der Waals surface area (Å²) < 4.78 is 6.25. The van der Waals surface area contributed by atoms with Gasteiger partial charge in [-0.3, -0.25) is 0 Å². The Bertz CT molecular complexity index is 1780. The van der Waals surface area contributed by atoms with Gasteiger partial charge in [-0.1, -0.05) is 78.9 Å². The molecule has 150 valence electrons. The zero-order valence-corrected chi connectivity index (χ0v) is 17.7. The molecule has 0 aliphatic heterocycles. The number of hydrogen-bond acceptors (Lipinski definition) is 1. The van der Waals surface area contributed by atoms with Crippen LogP contribution in [0.5, 0.6) is 0 Å². The number of fused-ring (bicyclic) bond motifs is 6. The van der Waals surface area contributed by atoms with Crippen LogP contribution in [0.1, 0.15) is 5.56 Å². The topological polar surface area (TPSA) is 13.1 Å². The Balaban J connectivity index is 1.61. The lowest BCUT2D eigenvalue weighted by atomic mass is 9.88. The van der Waals surface area contributed by atoms with E-state index in [0.29, 0.717) is 0 Å². The lowest BCUT2D eigenvalue weighted by Gasteiger charge is -2.15. The molecule has 0 radical (unpaired) electrons. The molecule has 0 N–H and O–H groups in total. The second kappa shape index (κ2) is 6.45. The molecule has 0 aliphatic rings. The Morgan fingerprint density at radius 1 is 0.469 bits per heavy atom. The van der Waals surface area contributed by atoms with E-state index < -0.39 is 0 Å². The molecule has 0 amide bonds. The molecular weight excluding hydrogens is 388 g/mol. The third-order valence-electron chi connectivity index (χ3n) is 6.83. The van der Waals surface area contributed by atoms with Crippen molar-refractivity contribution in [3.63, 3.8) is 0 Å². The minimum absolute atomic E-state index is 0.930. The maximum absolute atomic E-state index is 6.25. The van der Waals surface area contributed by atoms with Gasteiger partial charge in [0.15, 0.2) is 0 Å². The van der Waals surface area contributed by atoms with Crippen LogP contribution >= 0.6 is 0 Å². The van der Waals surface area contributed by atoms with E-state index in [2.05, 4.69) is 110 Å². The first-order valence-corrected chi connectivity index (χ1v) is 11.0. The van der Waals surface area contributed by atoms with Gasteiger partial charge in [-0.15, -0.1) is 0 Å². The molecule has 7 aromatic rings. The van der Waals surface area contributed by atoms with E-state index in [1.807, 2.05) is 0 Å². The minimum atomic E-state index is 0.930. The van der Waals surface area contributed by atoms with Crippen LogP contribution in [0.15, 0.2) is 108 Å². The standard InChI is InChI=1S/C31H20O/c1-19-23-10-4-6-12-25(23)31(26-13-7-5-11-24(19)26)22-14-15-29-27(17-22)28-16-20-8-2-3-9-21(20)18-30(28)32-29/h2-18H,1H3. The third kappa shape index (κ3) is 2.39. The van der Waals surface area contributed by atoms with Crippen molar-refractivity contribution in [2.24, 2.45) is 0 Å². The van der Waals surface area contributed by atoms with Crippen molar-refractivity contribution < 1.29 is 4.42 Å². The van der Waals surface area contributed by atoms with E-state index >= 15 is 0 Å². The average Bonchev–Trinajstić information content (AvgIpc) is 3.19. The van der Waals surface area contributed by atoms with Crippen molar-refractivity contribution in [3.8, 4) is 11.1 Å². The van der Waals surface area contributed by atoms with Crippen LogP contribution in [0.3, 0.4) is 0 Å². The molecule has 0 saturated carbocycles. The van der Waals surface area contributed by atoms with Gasteiger partial charge in [0.2, 0.25) is 0 Å². The van der Waals surface area contributed by atoms with Crippen LogP contribution in [-0.2, 0) is 0 Å². The van der Waals surface area contributed by atoms with E-state index in [-0.39, 0.29) is 0 Å². The van der Waals surface area contributed by atoms with Gasteiger partial charge >= 0.3 is 0 Å². The van der Waals surface area contributed by atoms with Gasteiger partial charge in [0.05, 0.1) is 0 Å². The van der Waals surface area contributed by atoms with Gasteiger partial charge in [-0.2, -0.15) is 0 Å². The summed E-state index contributed by atoms with van der Waals surface area (Å²) in [5.41, 5.74) is 5.72. The Morgan fingerprint density at radius 2 is 1.03 bits per heavy atom. The monoisotopic (exact) mass is 408 g/mol. The Hall–Kier alpha value is -4.10. The lowest BCUT2D eigenvalue weighted by molar-refractivity contribution is 0.669. The average molecular weight is 409 g/mol. The van der Waals surface area contributed by atoms with Crippen molar-refractivity contribution in [3.05, 3.63) is 109 Å². The highest BCUT2D eigenvalue weighted by molar-refractivity contribution is 6.17. The molecule has 1 heteroatoms. The highest BCUT2D eigenvalue weighted by Crippen LogP contribution is 2.41. The van der Waals surface area contributed by atoms with Crippen molar-refractivity contribution in [2.75, 3.05) is 0 Å². The molecule has 1 nitrogen and oxygen atoms in total. The third-order valence-corrected chi connectivity index (χ3v) is 6.83. The smallest absolute Gasteiger partial charge is 0.136 e.